The van der Waals surface area contributed by atoms with Crippen LogP contribution in [0.15, 0.2) is 57.2 Å². The first kappa shape index (κ1) is 18.9. The Morgan fingerprint density at radius 2 is 2.00 bits per heavy atom. The first-order chi connectivity index (χ1) is 12.4. The molecule has 3 rings (SSSR count). The maximum Gasteiger partial charge on any atom is 0.279 e. The molecule has 0 unspecified atom stereocenters. The van der Waals surface area contributed by atoms with Gasteiger partial charge < -0.3 is 4.57 Å². The quantitative estimate of drug-likeness (QED) is 0.622. The van der Waals surface area contributed by atoms with Crippen LogP contribution >= 0.6 is 23.1 Å². The predicted molar refractivity (Wildman–Crippen MR) is 107 cm³/mol. The van der Waals surface area contributed by atoms with Crippen molar-refractivity contribution in [2.24, 2.45) is 12.0 Å². The van der Waals surface area contributed by atoms with Gasteiger partial charge in [0.25, 0.3) is 5.91 Å². The number of fused-ring (bicyclic) bond motifs is 1. The lowest BCUT2D eigenvalue weighted by Crippen LogP contribution is -2.13. The summed E-state index contributed by atoms with van der Waals surface area (Å²) in [5.74, 6) is -0.462. The average molecular weight is 407 g/mol. The summed E-state index contributed by atoms with van der Waals surface area (Å²) in [6.07, 6.45) is 2.01. The summed E-state index contributed by atoms with van der Waals surface area (Å²) in [6.45, 7) is 1.58. The lowest BCUT2D eigenvalue weighted by atomic mass is 10.2. The average Bonchev–Trinajstić information content (AvgIpc) is 2.96. The number of amides is 1. The number of aryl methyl sites for hydroxylation is 1. The number of thiazole rings is 1. The van der Waals surface area contributed by atoms with Crippen LogP contribution in [0, 0.1) is 0 Å². The van der Waals surface area contributed by atoms with Crippen LogP contribution in [0.1, 0.15) is 17.3 Å². The molecule has 136 valence electrons. The summed E-state index contributed by atoms with van der Waals surface area (Å²) >= 11 is 3.09. The molecule has 8 heteroatoms. The predicted octanol–water partition coefficient (Wildman–Crippen LogP) is 3.50. The summed E-state index contributed by atoms with van der Waals surface area (Å²) in [6, 6.07) is 12.2. The highest BCUT2D eigenvalue weighted by Crippen LogP contribution is 2.23. The summed E-state index contributed by atoms with van der Waals surface area (Å²) in [7, 11) is -1.50. The van der Waals surface area contributed by atoms with E-state index >= 15 is 0 Å². The number of sulfone groups is 1. The van der Waals surface area contributed by atoms with Gasteiger partial charge in [0.2, 0.25) is 0 Å². The van der Waals surface area contributed by atoms with Crippen LogP contribution in [0.25, 0.3) is 10.2 Å². The zero-order valence-corrected chi connectivity index (χ0v) is 17.0. The maximum absolute atomic E-state index is 12.6. The van der Waals surface area contributed by atoms with Gasteiger partial charge in [-0.3, -0.25) is 4.79 Å². The van der Waals surface area contributed by atoms with Crippen molar-refractivity contribution in [2.75, 3.05) is 12.0 Å². The Balaban J connectivity index is 2.06. The van der Waals surface area contributed by atoms with Crippen LogP contribution in [-0.4, -0.2) is 30.9 Å². The van der Waals surface area contributed by atoms with Crippen LogP contribution in [-0.2, 0) is 16.9 Å². The number of benzene rings is 2. The molecule has 1 amide bonds. The van der Waals surface area contributed by atoms with Gasteiger partial charge >= 0.3 is 0 Å². The monoisotopic (exact) mass is 406 g/mol. The van der Waals surface area contributed by atoms with Crippen molar-refractivity contribution >= 4 is 49.1 Å². The SMILES string of the molecule is CCS(=O)(=O)c1cccc(C(=O)N=c2sc3cc(SC)ccc3n2C)c1. The van der Waals surface area contributed by atoms with Gasteiger partial charge in [-0.2, -0.15) is 4.99 Å². The number of rotatable bonds is 4. The number of hydrogen-bond donors (Lipinski definition) is 0. The summed E-state index contributed by atoms with van der Waals surface area (Å²) < 4.78 is 27.0. The molecule has 0 aliphatic carbocycles. The highest BCUT2D eigenvalue weighted by molar-refractivity contribution is 7.98. The molecule has 0 aliphatic heterocycles. The Labute approximate surface area is 160 Å². The van der Waals surface area contributed by atoms with Gasteiger partial charge in [0.1, 0.15) is 0 Å². The Kier molecular flexibility index (Phi) is 5.36. The van der Waals surface area contributed by atoms with Gasteiger partial charge in [0.15, 0.2) is 14.6 Å². The van der Waals surface area contributed by atoms with Gasteiger partial charge in [-0.15, -0.1) is 11.8 Å². The van der Waals surface area contributed by atoms with E-state index in [1.807, 2.05) is 30.0 Å². The number of aromatic nitrogens is 1. The van der Waals surface area contributed by atoms with Gasteiger partial charge in [-0.25, -0.2) is 8.42 Å². The first-order valence-electron chi connectivity index (χ1n) is 7.91. The third-order valence-electron chi connectivity index (χ3n) is 4.03. The minimum absolute atomic E-state index is 0.00909. The van der Waals surface area contributed by atoms with Crippen LogP contribution in [0.4, 0.5) is 0 Å². The van der Waals surface area contributed by atoms with Crippen molar-refractivity contribution in [1.29, 1.82) is 0 Å². The molecule has 1 aromatic heterocycles. The minimum Gasteiger partial charge on any atom is -0.319 e. The summed E-state index contributed by atoms with van der Waals surface area (Å²) in [5.41, 5.74) is 1.27. The molecule has 26 heavy (non-hydrogen) atoms. The fourth-order valence-corrected chi connectivity index (χ4v) is 4.98. The standard InChI is InChI=1S/C18H18N2O3S3/c1-4-26(22,23)14-7-5-6-12(10-14)17(21)19-18-20(2)15-9-8-13(24-3)11-16(15)25-18/h5-11H,4H2,1-3H3. The zero-order valence-electron chi connectivity index (χ0n) is 14.6. The van der Waals surface area contributed by atoms with E-state index in [1.165, 1.54) is 23.5 Å². The Bertz CT molecular complexity index is 1160. The molecule has 0 bridgehead atoms. The highest BCUT2D eigenvalue weighted by atomic mass is 32.2. The second-order valence-electron chi connectivity index (χ2n) is 5.63. The molecule has 2 aromatic carbocycles. The molecule has 0 saturated carbocycles. The number of nitrogens with zero attached hydrogens (tertiary/aromatic N) is 2. The van der Waals surface area contributed by atoms with E-state index in [9.17, 15) is 13.2 Å². The van der Waals surface area contributed by atoms with Crippen LogP contribution in [0.3, 0.4) is 0 Å². The molecular formula is C18H18N2O3S3. The smallest absolute Gasteiger partial charge is 0.279 e. The summed E-state index contributed by atoms with van der Waals surface area (Å²) in [5, 5.41) is 0. The molecule has 0 atom stereocenters. The van der Waals surface area contributed by atoms with Crippen LogP contribution < -0.4 is 4.80 Å². The van der Waals surface area contributed by atoms with Crippen molar-refractivity contribution < 1.29 is 13.2 Å². The van der Waals surface area contributed by atoms with E-state index in [0.717, 1.165) is 15.1 Å². The van der Waals surface area contributed by atoms with Crippen molar-refractivity contribution in [3.63, 3.8) is 0 Å². The Morgan fingerprint density at radius 3 is 2.69 bits per heavy atom. The minimum atomic E-state index is -3.36. The van der Waals surface area contributed by atoms with E-state index in [0.29, 0.717) is 4.80 Å². The normalized spacial score (nSPS) is 12.7. The van der Waals surface area contributed by atoms with Gasteiger partial charge in [-0.1, -0.05) is 24.3 Å². The zero-order chi connectivity index (χ0) is 18.9. The molecular weight excluding hydrogens is 388 g/mol. The lowest BCUT2D eigenvalue weighted by Gasteiger charge is -2.02. The van der Waals surface area contributed by atoms with Crippen LogP contribution in [0.5, 0.6) is 0 Å². The number of hydrogen-bond acceptors (Lipinski definition) is 5. The largest absolute Gasteiger partial charge is 0.319 e. The van der Waals surface area contributed by atoms with Gasteiger partial charge in [-0.05, 0) is 42.7 Å². The topological polar surface area (TPSA) is 68.5 Å². The molecule has 3 aromatic rings. The Hall–Kier alpha value is -1.90. The molecule has 5 nitrogen and oxygen atoms in total. The van der Waals surface area contributed by atoms with Gasteiger partial charge in [0.05, 0.1) is 20.9 Å². The third-order valence-corrected chi connectivity index (χ3v) is 7.59. The summed E-state index contributed by atoms with van der Waals surface area (Å²) in [4.78, 5) is 18.6. The molecule has 0 fully saturated rings. The number of carbonyl (C=O) groups is 1. The Morgan fingerprint density at radius 1 is 1.23 bits per heavy atom. The molecule has 0 radical (unpaired) electrons. The maximum atomic E-state index is 12.6. The van der Waals surface area contributed by atoms with Crippen molar-refractivity contribution in [3.05, 3.63) is 52.8 Å². The van der Waals surface area contributed by atoms with Crippen LogP contribution in [0.2, 0.25) is 0 Å². The van der Waals surface area contributed by atoms with E-state index in [4.69, 9.17) is 0 Å². The molecule has 1 heterocycles. The number of thioether (sulfide) groups is 1. The van der Waals surface area contributed by atoms with Crippen molar-refractivity contribution in [1.82, 2.24) is 4.57 Å². The van der Waals surface area contributed by atoms with E-state index < -0.39 is 15.7 Å². The van der Waals surface area contributed by atoms with E-state index in [1.54, 1.807) is 30.8 Å². The first-order valence-corrected chi connectivity index (χ1v) is 11.6. The highest BCUT2D eigenvalue weighted by Gasteiger charge is 2.14. The molecule has 0 saturated heterocycles. The number of carbonyl (C=O) groups excluding carboxylic acids is 1. The fraction of sp³-hybridized carbons (Fsp3) is 0.222. The van der Waals surface area contributed by atoms with Crippen molar-refractivity contribution in [3.8, 4) is 0 Å². The lowest BCUT2D eigenvalue weighted by molar-refractivity contribution is 0.0997. The van der Waals surface area contributed by atoms with Crippen molar-refractivity contribution in [2.45, 2.75) is 16.7 Å². The second-order valence-corrected chi connectivity index (χ2v) is 9.79. The third kappa shape index (κ3) is 3.62. The van der Waals surface area contributed by atoms with E-state index in [-0.39, 0.29) is 16.2 Å². The molecule has 0 spiro atoms. The van der Waals surface area contributed by atoms with Gasteiger partial charge in [0, 0.05) is 17.5 Å². The second kappa shape index (κ2) is 7.38. The van der Waals surface area contributed by atoms with E-state index in [2.05, 4.69) is 11.1 Å². The molecule has 0 N–H and O–H groups in total. The fourth-order valence-electron chi connectivity index (χ4n) is 2.49. The molecule has 0 aliphatic rings.